The van der Waals surface area contributed by atoms with E-state index in [1.54, 1.807) is 24.0 Å². The Bertz CT molecular complexity index is 1080. The van der Waals surface area contributed by atoms with Crippen molar-refractivity contribution in [1.82, 2.24) is 25.2 Å². The Morgan fingerprint density at radius 3 is 3.00 bits per heavy atom. The summed E-state index contributed by atoms with van der Waals surface area (Å²) in [6.07, 6.45) is 1.55. The Labute approximate surface area is 165 Å². The average molecular weight is 398 g/mol. The van der Waals surface area contributed by atoms with Crippen molar-refractivity contribution in [2.75, 3.05) is 24.8 Å². The minimum atomic E-state index is -0.426. The van der Waals surface area contributed by atoms with Crippen molar-refractivity contribution in [2.24, 2.45) is 0 Å². The van der Waals surface area contributed by atoms with E-state index in [-0.39, 0.29) is 11.7 Å². The highest BCUT2D eigenvalue weighted by Gasteiger charge is 2.20. The van der Waals surface area contributed by atoms with Crippen LogP contribution in [0.4, 0.5) is 15.1 Å². The molecule has 0 bridgehead atoms. The second kappa shape index (κ2) is 7.51. The van der Waals surface area contributed by atoms with E-state index >= 15 is 0 Å². The second-order valence-corrected chi connectivity index (χ2v) is 7.15. The number of urea groups is 1. The van der Waals surface area contributed by atoms with Crippen LogP contribution in [0.5, 0.6) is 0 Å². The van der Waals surface area contributed by atoms with E-state index in [2.05, 4.69) is 35.9 Å². The number of nitrogens with one attached hydrogen (secondary N) is 3. The third-order valence-corrected chi connectivity index (χ3v) is 5.27. The van der Waals surface area contributed by atoms with Crippen LogP contribution in [-0.4, -0.2) is 45.4 Å². The van der Waals surface area contributed by atoms with Crippen molar-refractivity contribution in [3.63, 3.8) is 0 Å². The summed E-state index contributed by atoms with van der Waals surface area (Å²) < 4.78 is 14.5. The van der Waals surface area contributed by atoms with E-state index in [1.807, 2.05) is 26.1 Å². The van der Waals surface area contributed by atoms with Gasteiger partial charge in [-0.25, -0.2) is 14.2 Å². The molecule has 0 unspecified atom stereocenters. The zero-order valence-corrected chi connectivity index (χ0v) is 16.2. The number of anilines is 1. The van der Waals surface area contributed by atoms with Gasteiger partial charge >= 0.3 is 6.03 Å². The molecule has 1 aliphatic heterocycles. The minimum absolute atomic E-state index is 0.222. The van der Waals surface area contributed by atoms with Crippen molar-refractivity contribution >= 4 is 40.5 Å². The summed E-state index contributed by atoms with van der Waals surface area (Å²) in [7, 11) is 2.01. The number of hydrogen-bond donors (Lipinski definition) is 3. The van der Waals surface area contributed by atoms with Crippen molar-refractivity contribution < 1.29 is 9.18 Å². The van der Waals surface area contributed by atoms with E-state index in [1.165, 1.54) is 6.07 Å². The summed E-state index contributed by atoms with van der Waals surface area (Å²) in [5.74, 6) is 0.720. The average Bonchev–Trinajstić information content (AvgIpc) is 3.27. The first-order chi connectivity index (χ1) is 13.6. The van der Waals surface area contributed by atoms with Crippen molar-refractivity contribution in [3.05, 3.63) is 47.3 Å². The molecule has 1 aromatic carbocycles. The Morgan fingerprint density at radius 2 is 2.29 bits per heavy atom. The van der Waals surface area contributed by atoms with Gasteiger partial charge in [-0.3, -0.25) is 10.3 Å². The molecule has 2 amide bonds. The van der Waals surface area contributed by atoms with Crippen LogP contribution in [-0.2, 0) is 0 Å². The molecular formula is C19H19FN6OS. The van der Waals surface area contributed by atoms with E-state index in [9.17, 15) is 9.18 Å². The van der Waals surface area contributed by atoms with Crippen LogP contribution in [0, 0.1) is 5.82 Å². The van der Waals surface area contributed by atoms with Gasteiger partial charge < -0.3 is 15.2 Å². The maximum absolute atomic E-state index is 14.5. The number of imidazole rings is 1. The largest absolute Gasteiger partial charge is 0.364 e. The zero-order chi connectivity index (χ0) is 19.7. The quantitative estimate of drug-likeness (QED) is 0.622. The predicted octanol–water partition coefficient (Wildman–Crippen LogP) is 3.84. The summed E-state index contributed by atoms with van der Waals surface area (Å²) in [5, 5.41) is 7.39. The first kappa shape index (κ1) is 18.3. The number of carbonyl (C=O) groups excluding carboxylic acids is 1. The molecule has 7 nitrogen and oxygen atoms in total. The second-order valence-electron chi connectivity index (χ2n) is 6.32. The van der Waals surface area contributed by atoms with Crippen molar-refractivity contribution in [3.8, 4) is 11.3 Å². The molecule has 4 rings (SSSR count). The number of nitrogens with zero attached hydrogens (tertiary/aromatic N) is 3. The number of rotatable bonds is 4. The number of hydrogen-bond acceptors (Lipinski definition) is 5. The lowest BCUT2D eigenvalue weighted by Crippen LogP contribution is -2.28. The highest BCUT2D eigenvalue weighted by atomic mass is 32.2. The minimum Gasteiger partial charge on any atom is -0.364 e. The van der Waals surface area contributed by atoms with Gasteiger partial charge in [-0.15, -0.1) is 11.8 Å². The maximum Gasteiger partial charge on any atom is 0.321 e. The molecule has 0 fully saturated rings. The molecule has 0 saturated carbocycles. The van der Waals surface area contributed by atoms with Gasteiger partial charge in [-0.1, -0.05) is 0 Å². The molecule has 0 aliphatic carbocycles. The van der Waals surface area contributed by atoms with Gasteiger partial charge in [0.05, 0.1) is 17.1 Å². The Kier molecular flexibility index (Phi) is 4.91. The Morgan fingerprint density at radius 1 is 1.43 bits per heavy atom. The van der Waals surface area contributed by atoms with E-state index < -0.39 is 5.82 Å². The van der Waals surface area contributed by atoms with Crippen LogP contribution in [0.25, 0.3) is 28.0 Å². The lowest BCUT2D eigenvalue weighted by atomic mass is 10.0. The Balaban J connectivity index is 1.87. The van der Waals surface area contributed by atoms with E-state index in [4.69, 9.17) is 0 Å². The first-order valence-corrected chi connectivity index (χ1v) is 9.84. The molecule has 0 spiro atoms. The molecule has 3 N–H and O–H groups in total. The standard InChI is InChI=1S/C19H19FN6OS/c1-3-21-19(27)25-18-23-14-8-11(15-9-28-10-26(15)2)7-12(17(14)24-18)16-13(20)5-4-6-22-16/h4-9H,3,10H2,1-2H3,(H3,21,23,24,25,27). The molecule has 2 aromatic heterocycles. The Hall–Kier alpha value is -3.07. The zero-order valence-electron chi connectivity index (χ0n) is 15.4. The van der Waals surface area contributed by atoms with Gasteiger partial charge in [0.2, 0.25) is 5.95 Å². The maximum atomic E-state index is 14.5. The molecule has 3 heterocycles. The normalized spacial score (nSPS) is 13.7. The molecule has 9 heteroatoms. The highest BCUT2D eigenvalue weighted by molar-refractivity contribution is 8.02. The van der Waals surface area contributed by atoms with Gasteiger partial charge in [-0.2, -0.15) is 0 Å². The fourth-order valence-electron chi connectivity index (χ4n) is 3.08. The number of fused-ring (bicyclic) bond motifs is 1. The fourth-order valence-corrected chi connectivity index (χ4v) is 3.99. The SMILES string of the molecule is CCNC(=O)Nc1nc2c(-c3ncccc3F)cc(C3=CSCN3C)cc2[nH]1. The number of amides is 2. The van der Waals surface area contributed by atoms with Gasteiger partial charge in [0.25, 0.3) is 0 Å². The van der Waals surface area contributed by atoms with Crippen LogP contribution in [0.15, 0.2) is 35.9 Å². The monoisotopic (exact) mass is 398 g/mol. The third kappa shape index (κ3) is 3.40. The number of pyridine rings is 1. The van der Waals surface area contributed by atoms with Crippen LogP contribution in [0.2, 0.25) is 0 Å². The van der Waals surface area contributed by atoms with Crippen LogP contribution in [0.1, 0.15) is 12.5 Å². The number of H-pyrrole nitrogens is 1. The molecule has 28 heavy (non-hydrogen) atoms. The van der Waals surface area contributed by atoms with Crippen LogP contribution < -0.4 is 10.6 Å². The summed E-state index contributed by atoms with van der Waals surface area (Å²) in [6, 6.07) is 6.40. The number of thioether (sulfide) groups is 1. The van der Waals surface area contributed by atoms with Gasteiger partial charge in [0.15, 0.2) is 0 Å². The summed E-state index contributed by atoms with van der Waals surface area (Å²) in [6.45, 7) is 2.33. The van der Waals surface area contributed by atoms with E-state index in [0.717, 1.165) is 17.1 Å². The van der Waals surface area contributed by atoms with Crippen LogP contribution >= 0.6 is 11.8 Å². The fraction of sp³-hybridized carbons (Fsp3) is 0.211. The lowest BCUT2D eigenvalue weighted by molar-refractivity contribution is 0.252. The first-order valence-electron chi connectivity index (χ1n) is 8.79. The summed E-state index contributed by atoms with van der Waals surface area (Å²) in [4.78, 5) is 25.8. The molecule has 0 radical (unpaired) electrons. The number of aromatic nitrogens is 3. The van der Waals surface area contributed by atoms with Gasteiger partial charge in [0.1, 0.15) is 17.0 Å². The molecule has 0 saturated heterocycles. The summed E-state index contributed by atoms with van der Waals surface area (Å²) in [5.41, 5.74) is 3.99. The van der Waals surface area contributed by atoms with Crippen molar-refractivity contribution in [1.29, 1.82) is 0 Å². The predicted molar refractivity (Wildman–Crippen MR) is 110 cm³/mol. The van der Waals surface area contributed by atoms with Crippen LogP contribution in [0.3, 0.4) is 0 Å². The summed E-state index contributed by atoms with van der Waals surface area (Å²) >= 11 is 1.70. The lowest BCUT2D eigenvalue weighted by Gasteiger charge is -2.16. The topological polar surface area (TPSA) is 85.9 Å². The molecule has 3 aromatic rings. The number of halogens is 1. The van der Waals surface area contributed by atoms with Gasteiger partial charge in [0, 0.05) is 30.9 Å². The number of benzene rings is 1. The van der Waals surface area contributed by atoms with E-state index in [0.29, 0.717) is 29.1 Å². The van der Waals surface area contributed by atoms with Crippen molar-refractivity contribution in [2.45, 2.75) is 6.92 Å². The van der Waals surface area contributed by atoms with Gasteiger partial charge in [-0.05, 0) is 36.6 Å². The molecule has 0 atom stereocenters. The number of carbonyl (C=O) groups is 1. The highest BCUT2D eigenvalue weighted by Crippen LogP contribution is 2.36. The third-order valence-electron chi connectivity index (χ3n) is 4.34. The number of aromatic amines is 1. The molecular weight excluding hydrogens is 379 g/mol. The molecule has 144 valence electrons. The molecule has 1 aliphatic rings. The smallest absolute Gasteiger partial charge is 0.321 e.